The van der Waals surface area contributed by atoms with Gasteiger partial charge in [0.05, 0.1) is 14.2 Å². The number of carboxylic acid groups (broad SMARTS) is 1. The highest BCUT2D eigenvalue weighted by atomic mass is 16.5. The standard InChI is InChI=1S/C20H20O6/c1-25-17-11-13(6-8-16(17)21)4-3-5-15-10-14(7-9-19(22)23)12-18(26-2)20(15)24/h3-4,6-12,21,24H,5H2,1-2H3,(H,22,23). The van der Waals surface area contributed by atoms with E-state index in [4.69, 9.17) is 14.6 Å². The van der Waals surface area contributed by atoms with Gasteiger partial charge < -0.3 is 24.8 Å². The summed E-state index contributed by atoms with van der Waals surface area (Å²) in [5.74, 6) is -0.345. The summed E-state index contributed by atoms with van der Waals surface area (Å²) in [5, 5.41) is 28.6. The van der Waals surface area contributed by atoms with Crippen LogP contribution in [0.15, 0.2) is 42.5 Å². The molecule has 0 saturated carbocycles. The number of hydrogen-bond acceptors (Lipinski definition) is 5. The van der Waals surface area contributed by atoms with E-state index in [1.54, 1.807) is 24.3 Å². The van der Waals surface area contributed by atoms with Gasteiger partial charge in [0.15, 0.2) is 23.0 Å². The molecule has 136 valence electrons. The van der Waals surface area contributed by atoms with Crippen LogP contribution in [0, 0.1) is 0 Å². The molecule has 26 heavy (non-hydrogen) atoms. The summed E-state index contributed by atoms with van der Waals surface area (Å²) < 4.78 is 10.2. The second-order valence-corrected chi connectivity index (χ2v) is 5.44. The molecule has 0 aliphatic rings. The van der Waals surface area contributed by atoms with Gasteiger partial charge in [0.1, 0.15) is 0 Å². The number of allylic oxidation sites excluding steroid dienone is 1. The van der Waals surface area contributed by atoms with Crippen molar-refractivity contribution in [2.24, 2.45) is 0 Å². The number of carbonyl (C=O) groups is 1. The van der Waals surface area contributed by atoms with Gasteiger partial charge in [-0.3, -0.25) is 0 Å². The first-order valence-electron chi connectivity index (χ1n) is 7.79. The van der Waals surface area contributed by atoms with E-state index in [-0.39, 0.29) is 17.2 Å². The Labute approximate surface area is 151 Å². The molecule has 3 N–H and O–H groups in total. The van der Waals surface area contributed by atoms with Crippen molar-refractivity contribution in [1.29, 1.82) is 0 Å². The molecular weight excluding hydrogens is 336 g/mol. The molecule has 2 rings (SSSR count). The molecule has 2 aromatic rings. The maximum Gasteiger partial charge on any atom is 0.328 e. The average molecular weight is 356 g/mol. The number of aliphatic carboxylic acids is 1. The summed E-state index contributed by atoms with van der Waals surface area (Å²) in [7, 11) is 2.91. The Kier molecular flexibility index (Phi) is 6.27. The van der Waals surface area contributed by atoms with E-state index < -0.39 is 5.97 Å². The first-order chi connectivity index (χ1) is 12.4. The molecule has 6 nitrogen and oxygen atoms in total. The van der Waals surface area contributed by atoms with Crippen molar-refractivity contribution >= 4 is 18.1 Å². The first-order valence-corrected chi connectivity index (χ1v) is 7.79. The zero-order valence-corrected chi connectivity index (χ0v) is 14.5. The number of carboxylic acids is 1. The van der Waals surface area contributed by atoms with Gasteiger partial charge >= 0.3 is 5.97 Å². The fourth-order valence-electron chi connectivity index (χ4n) is 2.38. The van der Waals surface area contributed by atoms with Gasteiger partial charge in [0.2, 0.25) is 0 Å². The molecule has 0 aliphatic heterocycles. The smallest absolute Gasteiger partial charge is 0.328 e. The van der Waals surface area contributed by atoms with Crippen LogP contribution < -0.4 is 9.47 Å². The Morgan fingerprint density at radius 3 is 2.35 bits per heavy atom. The SMILES string of the molecule is COc1cc(C=CCc2cc(C=CC(=O)O)cc(OC)c2O)ccc1O. The molecule has 0 aromatic heterocycles. The van der Waals surface area contributed by atoms with Crippen LogP contribution in [0.25, 0.3) is 12.2 Å². The van der Waals surface area contributed by atoms with Crippen molar-refractivity contribution in [2.75, 3.05) is 14.2 Å². The van der Waals surface area contributed by atoms with Crippen LogP contribution in [0.3, 0.4) is 0 Å². The van der Waals surface area contributed by atoms with Crippen LogP contribution >= 0.6 is 0 Å². The van der Waals surface area contributed by atoms with E-state index in [0.29, 0.717) is 23.3 Å². The van der Waals surface area contributed by atoms with Gasteiger partial charge in [-0.2, -0.15) is 0 Å². The van der Waals surface area contributed by atoms with Gasteiger partial charge in [-0.15, -0.1) is 0 Å². The van der Waals surface area contributed by atoms with Crippen LogP contribution in [-0.2, 0) is 11.2 Å². The molecule has 0 aliphatic carbocycles. The summed E-state index contributed by atoms with van der Waals surface area (Å²) in [4.78, 5) is 10.7. The second-order valence-electron chi connectivity index (χ2n) is 5.44. The Hall–Kier alpha value is -3.41. The predicted molar refractivity (Wildman–Crippen MR) is 98.7 cm³/mol. The topological polar surface area (TPSA) is 96.2 Å². The highest BCUT2D eigenvalue weighted by Gasteiger charge is 2.09. The van der Waals surface area contributed by atoms with Crippen molar-refractivity contribution in [1.82, 2.24) is 0 Å². The van der Waals surface area contributed by atoms with E-state index in [1.165, 1.54) is 26.4 Å². The average Bonchev–Trinajstić information content (AvgIpc) is 2.63. The molecule has 0 radical (unpaired) electrons. The molecule has 0 spiro atoms. The highest BCUT2D eigenvalue weighted by molar-refractivity contribution is 5.85. The monoisotopic (exact) mass is 356 g/mol. The molecule has 0 bridgehead atoms. The van der Waals surface area contributed by atoms with Gasteiger partial charge in [0, 0.05) is 11.6 Å². The third kappa shape index (κ3) is 4.80. The molecule has 0 atom stereocenters. The van der Waals surface area contributed by atoms with Gasteiger partial charge in [-0.05, 0) is 47.9 Å². The van der Waals surface area contributed by atoms with Crippen LogP contribution in [0.2, 0.25) is 0 Å². The number of ether oxygens (including phenoxy) is 2. The number of phenolic OH excluding ortho intramolecular Hbond substituents is 2. The minimum absolute atomic E-state index is 0.00733. The zero-order valence-electron chi connectivity index (χ0n) is 14.5. The fraction of sp³-hybridized carbons (Fsp3) is 0.150. The third-order valence-electron chi connectivity index (χ3n) is 3.67. The number of phenols is 2. The van der Waals surface area contributed by atoms with Crippen LogP contribution in [0.5, 0.6) is 23.0 Å². The Morgan fingerprint density at radius 1 is 1.00 bits per heavy atom. The van der Waals surface area contributed by atoms with Crippen molar-refractivity contribution < 1.29 is 29.6 Å². The number of hydrogen-bond donors (Lipinski definition) is 3. The van der Waals surface area contributed by atoms with E-state index in [0.717, 1.165) is 11.6 Å². The summed E-state index contributed by atoms with van der Waals surface area (Å²) in [6, 6.07) is 8.22. The third-order valence-corrected chi connectivity index (χ3v) is 3.67. The molecule has 0 saturated heterocycles. The number of methoxy groups -OCH3 is 2. The lowest BCUT2D eigenvalue weighted by atomic mass is 10.0. The highest BCUT2D eigenvalue weighted by Crippen LogP contribution is 2.33. The van der Waals surface area contributed by atoms with Gasteiger partial charge in [-0.25, -0.2) is 4.79 Å². The van der Waals surface area contributed by atoms with E-state index in [9.17, 15) is 15.0 Å². The van der Waals surface area contributed by atoms with Crippen molar-refractivity contribution in [3.8, 4) is 23.0 Å². The quantitative estimate of drug-likeness (QED) is 0.658. The maximum atomic E-state index is 10.7. The summed E-state index contributed by atoms with van der Waals surface area (Å²) >= 11 is 0. The lowest BCUT2D eigenvalue weighted by Gasteiger charge is -2.09. The number of rotatable bonds is 7. The Morgan fingerprint density at radius 2 is 1.69 bits per heavy atom. The largest absolute Gasteiger partial charge is 0.504 e. The van der Waals surface area contributed by atoms with Crippen LogP contribution in [0.4, 0.5) is 0 Å². The van der Waals surface area contributed by atoms with Crippen molar-refractivity contribution in [3.05, 3.63) is 59.2 Å². The molecule has 0 fully saturated rings. The molecule has 2 aromatic carbocycles. The summed E-state index contributed by atoms with van der Waals surface area (Å²) in [6.07, 6.45) is 6.52. The summed E-state index contributed by atoms with van der Waals surface area (Å²) in [6.45, 7) is 0. The van der Waals surface area contributed by atoms with Crippen molar-refractivity contribution in [3.63, 3.8) is 0 Å². The number of aromatic hydroxyl groups is 2. The van der Waals surface area contributed by atoms with E-state index >= 15 is 0 Å². The Balaban J connectivity index is 2.25. The van der Waals surface area contributed by atoms with Crippen molar-refractivity contribution in [2.45, 2.75) is 6.42 Å². The maximum absolute atomic E-state index is 10.7. The van der Waals surface area contributed by atoms with E-state index in [2.05, 4.69) is 0 Å². The summed E-state index contributed by atoms with van der Waals surface area (Å²) in [5.41, 5.74) is 2.03. The fourth-order valence-corrected chi connectivity index (χ4v) is 2.38. The second kappa shape index (κ2) is 8.62. The van der Waals surface area contributed by atoms with Gasteiger partial charge in [-0.1, -0.05) is 18.2 Å². The lowest BCUT2D eigenvalue weighted by Crippen LogP contribution is -1.92. The lowest BCUT2D eigenvalue weighted by molar-refractivity contribution is -0.131. The minimum Gasteiger partial charge on any atom is -0.504 e. The zero-order chi connectivity index (χ0) is 19.1. The molecular formula is C20H20O6. The molecule has 0 unspecified atom stereocenters. The van der Waals surface area contributed by atoms with Gasteiger partial charge in [0.25, 0.3) is 0 Å². The molecule has 0 amide bonds. The Bertz CT molecular complexity index is 852. The molecule has 6 heteroatoms. The first kappa shape index (κ1) is 18.9. The van der Waals surface area contributed by atoms with Crippen LogP contribution in [-0.4, -0.2) is 35.5 Å². The number of benzene rings is 2. The molecule has 0 heterocycles. The predicted octanol–water partition coefficient (Wildman–Crippen LogP) is 3.47. The van der Waals surface area contributed by atoms with Crippen LogP contribution in [0.1, 0.15) is 16.7 Å². The normalized spacial score (nSPS) is 11.2. The van der Waals surface area contributed by atoms with E-state index in [1.807, 2.05) is 12.2 Å². The minimum atomic E-state index is -1.06.